The van der Waals surface area contributed by atoms with Crippen LogP contribution in [0.1, 0.15) is 10.4 Å². The lowest BCUT2D eigenvalue weighted by molar-refractivity contribution is -0.385. The van der Waals surface area contributed by atoms with Crippen LogP contribution in [0.2, 0.25) is 5.02 Å². The highest BCUT2D eigenvalue weighted by molar-refractivity contribution is 9.10. The molecule has 0 bridgehead atoms. The normalized spacial score (nSPS) is 10.2. The molecule has 0 unspecified atom stereocenters. The predicted molar refractivity (Wildman–Crippen MR) is 77.1 cm³/mol. The van der Waals surface area contributed by atoms with Crippen molar-refractivity contribution in [3.05, 3.63) is 55.6 Å². The van der Waals surface area contributed by atoms with Gasteiger partial charge >= 0.3 is 5.97 Å². The van der Waals surface area contributed by atoms with Crippen LogP contribution in [0.5, 0.6) is 11.6 Å². The lowest BCUT2D eigenvalue weighted by atomic mass is 10.2. The van der Waals surface area contributed by atoms with E-state index >= 15 is 0 Å². The number of aromatic carboxylic acids is 1. The van der Waals surface area contributed by atoms with Crippen molar-refractivity contribution in [2.45, 2.75) is 0 Å². The summed E-state index contributed by atoms with van der Waals surface area (Å²) in [5, 5.41) is 20.0. The predicted octanol–water partition coefficient (Wildman–Crippen LogP) is 3.90. The fourth-order valence-corrected chi connectivity index (χ4v) is 2.03. The van der Waals surface area contributed by atoms with Gasteiger partial charge in [0, 0.05) is 17.2 Å². The number of rotatable bonds is 4. The topological polar surface area (TPSA) is 103 Å². The fraction of sp³-hybridized carbons (Fsp3) is 0. The lowest BCUT2D eigenvalue weighted by Gasteiger charge is -2.09. The van der Waals surface area contributed by atoms with E-state index in [4.69, 9.17) is 21.4 Å². The van der Waals surface area contributed by atoms with E-state index in [1.54, 1.807) is 0 Å². The van der Waals surface area contributed by atoms with Gasteiger partial charge < -0.3 is 9.84 Å². The molecule has 2 rings (SSSR count). The maximum Gasteiger partial charge on any atom is 0.339 e. The molecular weight excluding hydrogens is 367 g/mol. The monoisotopic (exact) mass is 372 g/mol. The van der Waals surface area contributed by atoms with E-state index in [0.29, 0.717) is 0 Å². The average molecular weight is 374 g/mol. The number of hydrogen-bond acceptors (Lipinski definition) is 5. The van der Waals surface area contributed by atoms with Crippen molar-refractivity contribution in [1.82, 2.24) is 4.98 Å². The van der Waals surface area contributed by atoms with Crippen LogP contribution < -0.4 is 4.74 Å². The molecule has 1 heterocycles. The Hall–Kier alpha value is -2.19. The number of hydrogen-bond donors (Lipinski definition) is 1. The van der Waals surface area contributed by atoms with Crippen molar-refractivity contribution in [1.29, 1.82) is 0 Å². The first kappa shape index (κ1) is 15.2. The summed E-state index contributed by atoms with van der Waals surface area (Å²) in [6.45, 7) is 0. The van der Waals surface area contributed by atoms with E-state index in [1.807, 2.05) is 0 Å². The van der Waals surface area contributed by atoms with Crippen molar-refractivity contribution in [3.63, 3.8) is 0 Å². The van der Waals surface area contributed by atoms with E-state index in [2.05, 4.69) is 20.9 Å². The summed E-state index contributed by atoms with van der Waals surface area (Å²) < 4.78 is 5.59. The van der Waals surface area contributed by atoms with E-state index in [-0.39, 0.29) is 32.4 Å². The van der Waals surface area contributed by atoms with E-state index in [1.165, 1.54) is 24.3 Å². The Balaban J connectivity index is 2.40. The number of aromatic nitrogens is 1. The highest BCUT2D eigenvalue weighted by Gasteiger charge is 2.16. The summed E-state index contributed by atoms with van der Waals surface area (Å²) >= 11 is 8.88. The molecule has 0 aliphatic rings. The number of carboxylic acid groups (broad SMARTS) is 1. The molecule has 0 saturated carbocycles. The van der Waals surface area contributed by atoms with Crippen LogP contribution in [0.25, 0.3) is 0 Å². The van der Waals surface area contributed by atoms with Gasteiger partial charge in [-0.1, -0.05) is 11.6 Å². The minimum atomic E-state index is -1.19. The van der Waals surface area contributed by atoms with Gasteiger partial charge in [-0.05, 0) is 28.1 Å². The summed E-state index contributed by atoms with van der Waals surface area (Å²) in [5.74, 6) is -1.22. The second kappa shape index (κ2) is 6.06. The lowest BCUT2D eigenvalue weighted by Crippen LogP contribution is -2.01. The first-order chi connectivity index (χ1) is 9.88. The number of nitrogens with zero attached hydrogens (tertiary/aromatic N) is 2. The summed E-state index contributed by atoms with van der Waals surface area (Å²) in [5.41, 5.74) is -0.328. The van der Waals surface area contributed by atoms with E-state index in [0.717, 1.165) is 6.20 Å². The highest BCUT2D eigenvalue weighted by atomic mass is 79.9. The Labute approximate surface area is 131 Å². The zero-order chi connectivity index (χ0) is 15.6. The molecular formula is C12H6BrClN2O5. The molecule has 0 spiro atoms. The summed E-state index contributed by atoms with van der Waals surface area (Å²) in [4.78, 5) is 24.9. The fourth-order valence-electron chi connectivity index (χ4n) is 1.45. The molecule has 0 saturated heterocycles. The quantitative estimate of drug-likeness (QED) is 0.644. The number of nitro groups is 1. The molecule has 1 aromatic carbocycles. The van der Waals surface area contributed by atoms with Gasteiger partial charge in [-0.25, -0.2) is 9.78 Å². The Kier molecular flexibility index (Phi) is 4.39. The largest absolute Gasteiger partial charge is 0.478 e. The van der Waals surface area contributed by atoms with Crippen molar-refractivity contribution in [3.8, 4) is 11.6 Å². The summed E-state index contributed by atoms with van der Waals surface area (Å²) in [7, 11) is 0. The SMILES string of the molecule is O=C(O)c1ccc(Cl)cc1Oc1ncc([N+](=O)[O-])cc1Br. The first-order valence-electron chi connectivity index (χ1n) is 5.39. The average Bonchev–Trinajstić information content (AvgIpc) is 2.40. The second-order valence-corrected chi connectivity index (χ2v) is 5.08. The number of halogens is 2. The Morgan fingerprint density at radius 2 is 2.14 bits per heavy atom. The molecule has 1 aromatic heterocycles. The second-order valence-electron chi connectivity index (χ2n) is 3.79. The van der Waals surface area contributed by atoms with Crippen molar-refractivity contribution >= 4 is 39.2 Å². The Morgan fingerprint density at radius 1 is 1.43 bits per heavy atom. The molecule has 0 amide bonds. The van der Waals surface area contributed by atoms with E-state index in [9.17, 15) is 14.9 Å². The van der Waals surface area contributed by atoms with Crippen molar-refractivity contribution in [2.24, 2.45) is 0 Å². The molecule has 1 N–H and O–H groups in total. The maximum atomic E-state index is 11.1. The first-order valence-corrected chi connectivity index (χ1v) is 6.56. The van der Waals surface area contributed by atoms with Gasteiger partial charge in [0.15, 0.2) is 0 Å². The maximum absolute atomic E-state index is 11.1. The van der Waals surface area contributed by atoms with Crippen molar-refractivity contribution in [2.75, 3.05) is 0 Å². The molecule has 0 aliphatic carbocycles. The van der Waals surface area contributed by atoms with Gasteiger partial charge in [-0.2, -0.15) is 0 Å². The third kappa shape index (κ3) is 3.47. The highest BCUT2D eigenvalue weighted by Crippen LogP contribution is 2.33. The zero-order valence-electron chi connectivity index (χ0n) is 10.1. The van der Waals surface area contributed by atoms with Gasteiger partial charge in [0.1, 0.15) is 17.5 Å². The van der Waals surface area contributed by atoms with Gasteiger partial charge in [0.05, 0.1) is 9.40 Å². The van der Waals surface area contributed by atoms with Crippen LogP contribution in [0.15, 0.2) is 34.9 Å². The van der Waals surface area contributed by atoms with Crippen LogP contribution in [-0.4, -0.2) is 21.0 Å². The molecule has 2 aromatic rings. The molecule has 0 radical (unpaired) electrons. The van der Waals surface area contributed by atoms with E-state index < -0.39 is 10.9 Å². The number of ether oxygens (including phenoxy) is 1. The Bertz CT molecular complexity index is 738. The van der Waals surface area contributed by atoms with Crippen molar-refractivity contribution < 1.29 is 19.6 Å². The molecule has 21 heavy (non-hydrogen) atoms. The number of carbonyl (C=O) groups is 1. The standard InChI is InChI=1S/C12H6BrClN2O5/c13-9-4-7(16(19)20)5-15-11(9)21-10-3-6(14)1-2-8(10)12(17)18/h1-5H,(H,17,18). The van der Waals surface area contributed by atoms with Gasteiger partial charge in [0.2, 0.25) is 5.88 Å². The van der Waals surface area contributed by atoms with Gasteiger partial charge in [-0.3, -0.25) is 10.1 Å². The summed E-state index contributed by atoms with van der Waals surface area (Å²) in [6.07, 6.45) is 1.01. The molecule has 0 fully saturated rings. The van der Waals surface area contributed by atoms with Gasteiger partial charge in [-0.15, -0.1) is 0 Å². The molecule has 7 nitrogen and oxygen atoms in total. The van der Waals surface area contributed by atoms with Gasteiger partial charge in [0.25, 0.3) is 5.69 Å². The van der Waals surface area contributed by atoms with Crippen LogP contribution in [0.4, 0.5) is 5.69 Å². The molecule has 108 valence electrons. The number of pyridine rings is 1. The minimum absolute atomic E-state index is 0.00892. The third-order valence-corrected chi connectivity index (χ3v) is 3.19. The Morgan fingerprint density at radius 3 is 2.71 bits per heavy atom. The van der Waals surface area contributed by atoms with Crippen LogP contribution in [0.3, 0.4) is 0 Å². The van der Waals surface area contributed by atoms with Crippen LogP contribution >= 0.6 is 27.5 Å². The van der Waals surface area contributed by atoms with Crippen LogP contribution in [-0.2, 0) is 0 Å². The number of carboxylic acids is 1. The zero-order valence-corrected chi connectivity index (χ0v) is 12.5. The smallest absolute Gasteiger partial charge is 0.339 e. The molecule has 9 heteroatoms. The molecule has 0 aliphatic heterocycles. The molecule has 0 atom stereocenters. The summed E-state index contributed by atoms with van der Waals surface area (Å²) in [6, 6.07) is 5.23. The number of benzene rings is 1. The van der Waals surface area contributed by atoms with Crippen LogP contribution in [0, 0.1) is 10.1 Å². The minimum Gasteiger partial charge on any atom is -0.478 e. The third-order valence-electron chi connectivity index (χ3n) is 2.38.